The van der Waals surface area contributed by atoms with E-state index in [0.29, 0.717) is 17.1 Å². The Morgan fingerprint density at radius 1 is 1.33 bits per heavy atom. The first-order chi connectivity index (χ1) is 9.90. The molecular formula is C15H15F2NO3. The lowest BCUT2D eigenvalue weighted by Crippen LogP contribution is -2.29. The highest BCUT2D eigenvalue weighted by Gasteiger charge is 2.20. The van der Waals surface area contributed by atoms with Gasteiger partial charge in [-0.05, 0) is 32.0 Å². The van der Waals surface area contributed by atoms with E-state index in [1.54, 1.807) is 19.9 Å². The molecule has 6 heteroatoms. The van der Waals surface area contributed by atoms with Gasteiger partial charge in [0.1, 0.15) is 29.3 Å². The van der Waals surface area contributed by atoms with Gasteiger partial charge in [0, 0.05) is 6.54 Å². The molecule has 0 radical (unpaired) electrons. The van der Waals surface area contributed by atoms with E-state index in [0.717, 1.165) is 12.1 Å². The fourth-order valence-corrected chi connectivity index (χ4v) is 2.07. The Labute approximate surface area is 120 Å². The number of carbonyl (C=O) groups excluding carboxylic acids is 1. The van der Waals surface area contributed by atoms with Gasteiger partial charge in [0.05, 0.1) is 11.1 Å². The topological polar surface area (TPSA) is 62.5 Å². The van der Waals surface area contributed by atoms with Gasteiger partial charge >= 0.3 is 0 Å². The largest absolute Gasteiger partial charge is 0.466 e. The Kier molecular flexibility index (Phi) is 4.37. The highest BCUT2D eigenvalue weighted by atomic mass is 19.1. The van der Waals surface area contributed by atoms with E-state index in [9.17, 15) is 18.7 Å². The van der Waals surface area contributed by atoms with E-state index in [1.807, 2.05) is 0 Å². The van der Waals surface area contributed by atoms with Crippen molar-refractivity contribution in [1.82, 2.24) is 5.32 Å². The molecule has 0 saturated carbocycles. The molecule has 1 aromatic heterocycles. The molecular weight excluding hydrogens is 280 g/mol. The van der Waals surface area contributed by atoms with E-state index in [-0.39, 0.29) is 6.54 Å². The maximum atomic E-state index is 13.5. The summed E-state index contributed by atoms with van der Waals surface area (Å²) in [6.45, 7) is 3.03. The van der Waals surface area contributed by atoms with Crippen molar-refractivity contribution in [2.75, 3.05) is 6.54 Å². The van der Waals surface area contributed by atoms with Crippen LogP contribution in [0.1, 0.15) is 33.5 Å². The highest BCUT2D eigenvalue weighted by molar-refractivity contribution is 5.95. The maximum absolute atomic E-state index is 13.5. The summed E-state index contributed by atoms with van der Waals surface area (Å²) in [5, 5.41) is 12.3. The van der Waals surface area contributed by atoms with Gasteiger partial charge in [-0.15, -0.1) is 0 Å². The quantitative estimate of drug-likeness (QED) is 0.911. The second-order valence-electron chi connectivity index (χ2n) is 4.69. The van der Waals surface area contributed by atoms with Crippen LogP contribution in [0.15, 0.2) is 28.7 Å². The number of furan rings is 1. The van der Waals surface area contributed by atoms with Crippen molar-refractivity contribution in [2.45, 2.75) is 20.0 Å². The van der Waals surface area contributed by atoms with Crippen LogP contribution in [0.25, 0.3) is 0 Å². The Morgan fingerprint density at radius 2 is 1.95 bits per heavy atom. The average Bonchev–Trinajstić information content (AvgIpc) is 2.75. The molecule has 0 spiro atoms. The predicted octanol–water partition coefficient (Wildman–Crippen LogP) is 2.64. The second kappa shape index (κ2) is 6.05. The van der Waals surface area contributed by atoms with Crippen LogP contribution < -0.4 is 5.32 Å². The molecule has 1 amide bonds. The van der Waals surface area contributed by atoms with Crippen molar-refractivity contribution in [1.29, 1.82) is 0 Å². The monoisotopic (exact) mass is 295 g/mol. The summed E-state index contributed by atoms with van der Waals surface area (Å²) in [6.07, 6.45) is -1.47. The number of aliphatic hydroxyl groups is 1. The van der Waals surface area contributed by atoms with Crippen molar-refractivity contribution >= 4 is 5.91 Å². The molecule has 1 aromatic carbocycles. The average molecular weight is 295 g/mol. The standard InChI is InChI=1S/C15H15F2NO3/c1-8-6-10(9(2)21-8)15(20)18-7-13(19)14-11(16)4-3-5-12(14)17/h3-6,13,19H,7H2,1-2H3,(H,18,20). The van der Waals surface area contributed by atoms with E-state index >= 15 is 0 Å². The van der Waals surface area contributed by atoms with Crippen LogP contribution >= 0.6 is 0 Å². The minimum Gasteiger partial charge on any atom is -0.466 e. The van der Waals surface area contributed by atoms with Crippen LogP contribution in [0.3, 0.4) is 0 Å². The summed E-state index contributed by atoms with van der Waals surface area (Å²) in [5.74, 6) is -1.16. The highest BCUT2D eigenvalue weighted by Crippen LogP contribution is 2.20. The van der Waals surface area contributed by atoms with Crippen LogP contribution in [0, 0.1) is 25.5 Å². The first kappa shape index (κ1) is 15.2. The van der Waals surface area contributed by atoms with E-state index in [2.05, 4.69) is 5.32 Å². The number of hydrogen-bond donors (Lipinski definition) is 2. The Morgan fingerprint density at radius 3 is 2.48 bits per heavy atom. The minimum absolute atomic E-state index is 0.305. The molecule has 112 valence electrons. The van der Waals surface area contributed by atoms with E-state index in [4.69, 9.17) is 4.42 Å². The van der Waals surface area contributed by atoms with Gasteiger partial charge in [0.2, 0.25) is 0 Å². The number of rotatable bonds is 4. The van der Waals surface area contributed by atoms with Crippen LogP contribution in [-0.2, 0) is 0 Å². The Bertz CT molecular complexity index is 647. The first-order valence-electron chi connectivity index (χ1n) is 6.37. The smallest absolute Gasteiger partial charge is 0.254 e. The third-order valence-electron chi connectivity index (χ3n) is 3.07. The van der Waals surface area contributed by atoms with Crippen LogP contribution in [0.5, 0.6) is 0 Å². The van der Waals surface area contributed by atoms with Gasteiger partial charge in [-0.2, -0.15) is 0 Å². The molecule has 0 fully saturated rings. The zero-order valence-electron chi connectivity index (χ0n) is 11.6. The van der Waals surface area contributed by atoms with Crippen molar-refractivity contribution in [2.24, 2.45) is 0 Å². The summed E-state index contributed by atoms with van der Waals surface area (Å²) in [5.41, 5.74) is -0.133. The predicted molar refractivity (Wildman–Crippen MR) is 71.8 cm³/mol. The third-order valence-corrected chi connectivity index (χ3v) is 3.07. The second-order valence-corrected chi connectivity index (χ2v) is 4.69. The normalized spacial score (nSPS) is 12.2. The fraction of sp³-hybridized carbons (Fsp3) is 0.267. The number of halogens is 2. The van der Waals surface area contributed by atoms with E-state index in [1.165, 1.54) is 6.07 Å². The minimum atomic E-state index is -1.47. The Balaban J connectivity index is 2.06. The molecule has 4 nitrogen and oxygen atoms in total. The number of nitrogens with one attached hydrogen (secondary N) is 1. The molecule has 1 atom stereocenters. The Hall–Kier alpha value is -2.21. The zero-order valence-corrected chi connectivity index (χ0v) is 11.6. The molecule has 2 rings (SSSR count). The number of carbonyl (C=O) groups is 1. The number of benzene rings is 1. The molecule has 2 aromatic rings. The first-order valence-corrected chi connectivity index (χ1v) is 6.37. The number of hydrogen-bond acceptors (Lipinski definition) is 3. The molecule has 1 heterocycles. The SMILES string of the molecule is Cc1cc(C(=O)NCC(O)c2c(F)cccc2F)c(C)o1. The van der Waals surface area contributed by atoms with Gasteiger partial charge in [0.25, 0.3) is 5.91 Å². The molecule has 2 N–H and O–H groups in total. The van der Waals surface area contributed by atoms with Crippen LogP contribution in [0.4, 0.5) is 8.78 Å². The van der Waals surface area contributed by atoms with E-state index < -0.39 is 29.2 Å². The number of aliphatic hydroxyl groups excluding tert-OH is 1. The molecule has 21 heavy (non-hydrogen) atoms. The van der Waals surface area contributed by atoms with Gasteiger partial charge in [0.15, 0.2) is 0 Å². The van der Waals surface area contributed by atoms with Crippen molar-refractivity contribution in [3.05, 3.63) is 58.5 Å². The van der Waals surface area contributed by atoms with Crippen LogP contribution in [-0.4, -0.2) is 17.6 Å². The summed E-state index contributed by atoms with van der Waals surface area (Å²) in [4.78, 5) is 11.9. The van der Waals surface area contributed by atoms with Crippen molar-refractivity contribution in [3.8, 4) is 0 Å². The summed E-state index contributed by atoms with van der Waals surface area (Å²) in [6, 6.07) is 4.86. The molecule has 0 aliphatic rings. The zero-order chi connectivity index (χ0) is 15.6. The van der Waals surface area contributed by atoms with Gasteiger partial charge in [-0.25, -0.2) is 8.78 Å². The molecule has 1 unspecified atom stereocenters. The summed E-state index contributed by atoms with van der Waals surface area (Å²) >= 11 is 0. The molecule has 0 bridgehead atoms. The molecule has 0 aliphatic carbocycles. The lowest BCUT2D eigenvalue weighted by atomic mass is 10.1. The van der Waals surface area contributed by atoms with Gasteiger partial charge in [-0.1, -0.05) is 6.07 Å². The van der Waals surface area contributed by atoms with Gasteiger partial charge in [-0.3, -0.25) is 4.79 Å². The lowest BCUT2D eigenvalue weighted by Gasteiger charge is -2.13. The fourth-order valence-electron chi connectivity index (χ4n) is 2.07. The summed E-state index contributed by atoms with van der Waals surface area (Å²) in [7, 11) is 0. The van der Waals surface area contributed by atoms with Gasteiger partial charge < -0.3 is 14.8 Å². The van der Waals surface area contributed by atoms with Crippen molar-refractivity contribution < 1.29 is 23.1 Å². The van der Waals surface area contributed by atoms with Crippen molar-refractivity contribution in [3.63, 3.8) is 0 Å². The molecule has 0 saturated heterocycles. The van der Waals surface area contributed by atoms with Crippen LogP contribution in [0.2, 0.25) is 0 Å². The summed E-state index contributed by atoms with van der Waals surface area (Å²) < 4.78 is 32.2. The lowest BCUT2D eigenvalue weighted by molar-refractivity contribution is 0.0910. The maximum Gasteiger partial charge on any atom is 0.254 e. The number of amides is 1. The third kappa shape index (κ3) is 3.28. The molecule has 0 aliphatic heterocycles. The number of aryl methyl sites for hydroxylation is 2.